The maximum Gasteiger partial charge on any atom is 0.261 e. The standard InChI is InChI=1S/C19H13Cl2NO3S2/c20-13-3-1-11(2-4-13)9-22-19(23)16-7-12-10-27(24,25)17-8-14(21)5-6-15(17)18(12)26-16/h1-8H,9-10H2,(H,22,23). The molecule has 1 aliphatic rings. The average molecular weight is 438 g/mol. The van der Waals surface area contributed by atoms with Crippen LogP contribution in [0.5, 0.6) is 0 Å². The fourth-order valence-electron chi connectivity index (χ4n) is 2.97. The second-order valence-electron chi connectivity index (χ2n) is 6.17. The summed E-state index contributed by atoms with van der Waals surface area (Å²) < 4.78 is 25.1. The van der Waals surface area contributed by atoms with Crippen molar-refractivity contribution < 1.29 is 13.2 Å². The minimum atomic E-state index is -3.47. The van der Waals surface area contributed by atoms with Gasteiger partial charge < -0.3 is 5.32 Å². The second kappa shape index (κ2) is 6.95. The van der Waals surface area contributed by atoms with Crippen LogP contribution in [0.2, 0.25) is 10.0 Å². The summed E-state index contributed by atoms with van der Waals surface area (Å²) in [4.78, 5) is 14.0. The van der Waals surface area contributed by atoms with Gasteiger partial charge in [-0.25, -0.2) is 8.42 Å². The van der Waals surface area contributed by atoms with Gasteiger partial charge in [0.1, 0.15) is 0 Å². The van der Waals surface area contributed by atoms with Gasteiger partial charge in [-0.05, 0) is 41.5 Å². The van der Waals surface area contributed by atoms with Crippen molar-refractivity contribution in [2.75, 3.05) is 0 Å². The Labute approximate surface area is 170 Å². The lowest BCUT2D eigenvalue weighted by molar-refractivity contribution is 0.0955. The van der Waals surface area contributed by atoms with Crippen LogP contribution in [0.15, 0.2) is 53.4 Å². The lowest BCUT2D eigenvalue weighted by atomic mass is 10.1. The zero-order valence-electron chi connectivity index (χ0n) is 13.8. The van der Waals surface area contributed by atoms with E-state index in [0.29, 0.717) is 32.6 Å². The van der Waals surface area contributed by atoms with Gasteiger partial charge in [0.2, 0.25) is 0 Å². The zero-order chi connectivity index (χ0) is 19.2. The van der Waals surface area contributed by atoms with Crippen LogP contribution in [0.25, 0.3) is 10.4 Å². The third-order valence-corrected chi connectivity index (χ3v) is 7.66. The maximum atomic E-state index is 12.5. The molecule has 0 spiro atoms. The van der Waals surface area contributed by atoms with Crippen LogP contribution in [0, 0.1) is 0 Å². The van der Waals surface area contributed by atoms with Crippen LogP contribution < -0.4 is 5.32 Å². The zero-order valence-corrected chi connectivity index (χ0v) is 17.0. The molecule has 1 aromatic heterocycles. The maximum absolute atomic E-state index is 12.5. The first-order valence-corrected chi connectivity index (χ1v) is 11.2. The molecule has 1 amide bonds. The number of hydrogen-bond donors (Lipinski definition) is 1. The summed E-state index contributed by atoms with van der Waals surface area (Å²) in [6.45, 7) is 0.364. The number of carbonyl (C=O) groups is 1. The molecule has 2 aromatic carbocycles. The number of rotatable bonds is 3. The number of carbonyl (C=O) groups excluding carboxylic acids is 1. The Hall–Kier alpha value is -1.86. The number of hydrogen-bond acceptors (Lipinski definition) is 4. The number of sulfone groups is 1. The molecule has 0 saturated carbocycles. The van der Waals surface area contributed by atoms with Crippen LogP contribution >= 0.6 is 34.5 Å². The Morgan fingerprint density at radius 2 is 1.74 bits per heavy atom. The summed E-state index contributed by atoms with van der Waals surface area (Å²) in [6.07, 6.45) is 0. The quantitative estimate of drug-likeness (QED) is 0.630. The molecule has 27 heavy (non-hydrogen) atoms. The highest BCUT2D eigenvalue weighted by molar-refractivity contribution is 7.91. The van der Waals surface area contributed by atoms with Crippen molar-refractivity contribution in [3.63, 3.8) is 0 Å². The Balaban J connectivity index is 1.62. The molecule has 0 bridgehead atoms. The van der Waals surface area contributed by atoms with E-state index >= 15 is 0 Å². The van der Waals surface area contributed by atoms with Gasteiger partial charge in [-0.2, -0.15) is 0 Å². The van der Waals surface area contributed by atoms with E-state index in [0.717, 1.165) is 10.4 Å². The smallest absolute Gasteiger partial charge is 0.261 e. The van der Waals surface area contributed by atoms with Gasteiger partial charge >= 0.3 is 0 Å². The first kappa shape index (κ1) is 18.5. The van der Waals surface area contributed by atoms with Crippen molar-refractivity contribution in [1.82, 2.24) is 5.32 Å². The van der Waals surface area contributed by atoms with E-state index in [1.807, 2.05) is 12.1 Å². The summed E-state index contributed by atoms with van der Waals surface area (Å²) >= 11 is 13.1. The first-order valence-electron chi connectivity index (χ1n) is 8.01. The molecule has 0 fully saturated rings. The molecule has 1 N–H and O–H groups in total. The summed E-state index contributed by atoms with van der Waals surface area (Å²) in [5.74, 6) is -0.367. The molecule has 0 unspecified atom stereocenters. The molecular weight excluding hydrogens is 425 g/mol. The number of nitrogens with one attached hydrogen (secondary N) is 1. The number of benzene rings is 2. The molecule has 4 nitrogen and oxygen atoms in total. The molecule has 2 heterocycles. The molecular formula is C19H13Cl2NO3S2. The van der Waals surface area contributed by atoms with Crippen molar-refractivity contribution in [3.8, 4) is 10.4 Å². The summed E-state index contributed by atoms with van der Waals surface area (Å²) in [6, 6.07) is 13.7. The van der Waals surface area contributed by atoms with E-state index in [9.17, 15) is 13.2 Å². The molecule has 1 aliphatic heterocycles. The lowest BCUT2D eigenvalue weighted by Crippen LogP contribution is -2.21. The van der Waals surface area contributed by atoms with Gasteiger partial charge in [-0.15, -0.1) is 11.3 Å². The largest absolute Gasteiger partial charge is 0.347 e. The van der Waals surface area contributed by atoms with Gasteiger partial charge in [-0.1, -0.05) is 41.4 Å². The van der Waals surface area contributed by atoms with Crippen molar-refractivity contribution in [2.24, 2.45) is 0 Å². The fraction of sp³-hybridized carbons (Fsp3) is 0.105. The summed E-state index contributed by atoms with van der Waals surface area (Å²) in [7, 11) is -3.47. The molecule has 0 saturated heterocycles. The molecule has 138 valence electrons. The van der Waals surface area contributed by atoms with Crippen LogP contribution in [0.1, 0.15) is 20.8 Å². The number of thiophene rings is 1. The predicted molar refractivity (Wildman–Crippen MR) is 108 cm³/mol. The summed E-state index contributed by atoms with van der Waals surface area (Å²) in [5, 5.41) is 3.86. The van der Waals surface area contributed by atoms with E-state index in [4.69, 9.17) is 23.2 Å². The van der Waals surface area contributed by atoms with E-state index in [-0.39, 0.29) is 16.6 Å². The Bertz CT molecular complexity index is 1150. The second-order valence-corrected chi connectivity index (χ2v) is 10.1. The monoisotopic (exact) mass is 437 g/mol. The van der Waals surface area contributed by atoms with Crippen LogP contribution in [0.3, 0.4) is 0 Å². The third-order valence-electron chi connectivity index (χ3n) is 4.27. The van der Waals surface area contributed by atoms with E-state index in [1.165, 1.54) is 17.4 Å². The molecule has 0 aliphatic carbocycles. The first-order chi connectivity index (χ1) is 12.8. The van der Waals surface area contributed by atoms with E-state index < -0.39 is 9.84 Å². The van der Waals surface area contributed by atoms with Crippen LogP contribution in [0.4, 0.5) is 0 Å². The SMILES string of the molecule is O=C(NCc1ccc(Cl)cc1)c1cc2c(s1)-c1ccc(Cl)cc1S(=O)(=O)C2. The van der Waals surface area contributed by atoms with E-state index in [1.54, 1.807) is 30.3 Å². The average Bonchev–Trinajstić information content (AvgIpc) is 3.04. The van der Waals surface area contributed by atoms with Gasteiger partial charge in [0.25, 0.3) is 5.91 Å². The highest BCUT2D eigenvalue weighted by Crippen LogP contribution is 2.43. The normalized spacial score (nSPS) is 14.3. The molecule has 4 rings (SSSR count). The topological polar surface area (TPSA) is 63.2 Å². The molecule has 8 heteroatoms. The molecule has 0 atom stereocenters. The van der Waals surface area contributed by atoms with Gasteiger partial charge in [0.15, 0.2) is 9.84 Å². The van der Waals surface area contributed by atoms with Crippen molar-refractivity contribution >= 4 is 50.3 Å². The molecule has 3 aromatic rings. The lowest BCUT2D eigenvalue weighted by Gasteiger charge is -2.16. The Kier molecular flexibility index (Phi) is 4.76. The Morgan fingerprint density at radius 1 is 1.04 bits per heavy atom. The van der Waals surface area contributed by atoms with Crippen molar-refractivity contribution in [1.29, 1.82) is 0 Å². The minimum Gasteiger partial charge on any atom is -0.347 e. The molecule has 0 radical (unpaired) electrons. The van der Waals surface area contributed by atoms with Crippen molar-refractivity contribution in [3.05, 3.63) is 74.6 Å². The predicted octanol–water partition coefficient (Wildman–Crippen LogP) is 4.94. The number of fused-ring (bicyclic) bond motifs is 3. The number of halogens is 2. The van der Waals surface area contributed by atoms with Gasteiger partial charge in [-0.3, -0.25) is 4.79 Å². The highest BCUT2D eigenvalue weighted by atomic mass is 35.5. The fourth-order valence-corrected chi connectivity index (χ4v) is 6.23. The Morgan fingerprint density at radius 3 is 2.48 bits per heavy atom. The highest BCUT2D eigenvalue weighted by Gasteiger charge is 2.31. The van der Waals surface area contributed by atoms with Crippen LogP contribution in [-0.4, -0.2) is 14.3 Å². The third kappa shape index (κ3) is 3.62. The number of amides is 1. The van der Waals surface area contributed by atoms with Crippen LogP contribution in [-0.2, 0) is 22.1 Å². The van der Waals surface area contributed by atoms with Crippen molar-refractivity contribution in [2.45, 2.75) is 17.2 Å². The van der Waals surface area contributed by atoms with Gasteiger partial charge in [0, 0.05) is 27.0 Å². The van der Waals surface area contributed by atoms with E-state index in [2.05, 4.69) is 5.32 Å². The summed E-state index contributed by atoms with van der Waals surface area (Å²) in [5.41, 5.74) is 2.17. The van der Waals surface area contributed by atoms with Gasteiger partial charge in [0.05, 0.1) is 15.5 Å². The minimum absolute atomic E-state index is 0.128.